The summed E-state index contributed by atoms with van der Waals surface area (Å²) < 4.78 is 3.69. The molecule has 2 heterocycles. The summed E-state index contributed by atoms with van der Waals surface area (Å²) in [6.45, 7) is 3.71. The van der Waals surface area contributed by atoms with Crippen molar-refractivity contribution < 1.29 is 9.59 Å². The van der Waals surface area contributed by atoms with E-state index in [1.165, 1.54) is 0 Å². The lowest BCUT2D eigenvalue weighted by Crippen LogP contribution is -2.29. The largest absolute Gasteiger partial charge is 0.318 e. The quantitative estimate of drug-likeness (QED) is 0.480. The molecule has 0 saturated carbocycles. The minimum absolute atomic E-state index is 0.478. The number of amides is 2. The summed E-state index contributed by atoms with van der Waals surface area (Å²) in [7, 11) is 3.72. The molecule has 4 aromatic rings. The fourth-order valence-corrected chi connectivity index (χ4v) is 3.16. The van der Waals surface area contributed by atoms with E-state index in [1.54, 1.807) is 36.4 Å². The molecule has 10 heteroatoms. The van der Waals surface area contributed by atoms with Crippen LogP contribution in [0.1, 0.15) is 11.6 Å². The molecule has 0 spiro atoms. The fourth-order valence-electron chi connectivity index (χ4n) is 3.16. The standard InChI is InChI=1S/C22H22N8O2/c1-13-25-27-19(29(13)3)15-7-5-9-17(11-15)23-21(31)22(32)24-18-10-6-8-16(12-18)20-28-26-14(2)30(20)4/h5-12H,1-4H3,(H,23,31)(H,24,32). The van der Waals surface area contributed by atoms with Crippen molar-refractivity contribution >= 4 is 23.2 Å². The van der Waals surface area contributed by atoms with Crippen LogP contribution in [0.4, 0.5) is 11.4 Å². The van der Waals surface area contributed by atoms with E-state index in [2.05, 4.69) is 31.0 Å². The first-order chi connectivity index (χ1) is 15.3. The number of nitrogens with zero attached hydrogens (tertiary/aromatic N) is 6. The van der Waals surface area contributed by atoms with Gasteiger partial charge in [0, 0.05) is 36.6 Å². The molecule has 0 radical (unpaired) electrons. The van der Waals surface area contributed by atoms with Crippen molar-refractivity contribution in [3.8, 4) is 22.8 Å². The Balaban J connectivity index is 1.47. The summed E-state index contributed by atoms with van der Waals surface area (Å²) in [6.07, 6.45) is 0. The van der Waals surface area contributed by atoms with Crippen LogP contribution in [0.5, 0.6) is 0 Å². The predicted octanol–water partition coefficient (Wildman–Crippen LogP) is 2.47. The van der Waals surface area contributed by atoms with E-state index >= 15 is 0 Å². The maximum Gasteiger partial charge on any atom is 0.314 e. The van der Waals surface area contributed by atoms with E-state index in [-0.39, 0.29) is 0 Å². The normalized spacial score (nSPS) is 10.8. The number of benzene rings is 2. The van der Waals surface area contributed by atoms with Gasteiger partial charge in [0.05, 0.1) is 0 Å². The van der Waals surface area contributed by atoms with Crippen LogP contribution >= 0.6 is 0 Å². The average molecular weight is 430 g/mol. The summed E-state index contributed by atoms with van der Waals surface area (Å²) in [4.78, 5) is 24.9. The van der Waals surface area contributed by atoms with Gasteiger partial charge in [0.2, 0.25) is 0 Å². The monoisotopic (exact) mass is 430 g/mol. The first-order valence-corrected chi connectivity index (χ1v) is 9.88. The minimum atomic E-state index is -0.781. The molecule has 2 amide bonds. The topological polar surface area (TPSA) is 120 Å². The molecule has 0 fully saturated rings. The number of anilines is 2. The van der Waals surface area contributed by atoms with Gasteiger partial charge in [-0.15, -0.1) is 20.4 Å². The molecule has 4 rings (SSSR count). The number of hydrogen-bond acceptors (Lipinski definition) is 6. The number of carbonyl (C=O) groups excluding carboxylic acids is 2. The molecule has 0 unspecified atom stereocenters. The number of aryl methyl sites for hydroxylation is 2. The molecule has 2 N–H and O–H groups in total. The maximum atomic E-state index is 12.5. The van der Waals surface area contributed by atoms with Crippen molar-refractivity contribution in [2.45, 2.75) is 13.8 Å². The Morgan fingerprint density at radius 1 is 0.688 bits per heavy atom. The number of hydrogen-bond donors (Lipinski definition) is 2. The van der Waals surface area contributed by atoms with Crippen molar-refractivity contribution in [2.24, 2.45) is 14.1 Å². The van der Waals surface area contributed by atoms with Gasteiger partial charge in [-0.2, -0.15) is 0 Å². The second-order valence-electron chi connectivity index (χ2n) is 7.33. The van der Waals surface area contributed by atoms with Crippen molar-refractivity contribution in [2.75, 3.05) is 10.6 Å². The van der Waals surface area contributed by atoms with Crippen molar-refractivity contribution in [3.63, 3.8) is 0 Å². The van der Waals surface area contributed by atoms with Crippen LogP contribution in [0, 0.1) is 13.8 Å². The third kappa shape index (κ3) is 4.10. The molecule has 0 aliphatic heterocycles. The first-order valence-electron chi connectivity index (χ1n) is 9.88. The van der Waals surface area contributed by atoms with Crippen LogP contribution in [0.2, 0.25) is 0 Å². The van der Waals surface area contributed by atoms with Gasteiger partial charge in [0.1, 0.15) is 11.6 Å². The third-order valence-corrected chi connectivity index (χ3v) is 5.15. The average Bonchev–Trinajstić information content (AvgIpc) is 3.29. The van der Waals surface area contributed by atoms with E-state index in [0.29, 0.717) is 23.0 Å². The Morgan fingerprint density at radius 2 is 1.09 bits per heavy atom. The first kappa shape index (κ1) is 20.9. The van der Waals surface area contributed by atoms with Crippen LogP contribution in [0.15, 0.2) is 48.5 Å². The van der Waals surface area contributed by atoms with Gasteiger partial charge in [-0.3, -0.25) is 9.59 Å². The van der Waals surface area contributed by atoms with Crippen LogP contribution in [-0.2, 0) is 23.7 Å². The second-order valence-corrected chi connectivity index (χ2v) is 7.33. The highest BCUT2D eigenvalue weighted by Gasteiger charge is 2.16. The Kier molecular flexibility index (Phi) is 5.50. The van der Waals surface area contributed by atoms with E-state index in [0.717, 1.165) is 22.8 Å². The van der Waals surface area contributed by atoms with Gasteiger partial charge in [-0.25, -0.2) is 0 Å². The molecule has 162 valence electrons. The Bertz CT molecular complexity index is 1220. The second kappa shape index (κ2) is 8.42. The van der Waals surface area contributed by atoms with E-state index < -0.39 is 11.8 Å². The number of carbonyl (C=O) groups is 2. The molecule has 0 atom stereocenters. The summed E-state index contributed by atoms with van der Waals surface area (Å²) >= 11 is 0. The molecule has 0 aliphatic rings. The zero-order valence-corrected chi connectivity index (χ0v) is 18.1. The summed E-state index contributed by atoms with van der Waals surface area (Å²) in [5.74, 6) is 1.31. The van der Waals surface area contributed by atoms with Crippen LogP contribution < -0.4 is 10.6 Å². The zero-order valence-electron chi connectivity index (χ0n) is 18.1. The summed E-state index contributed by atoms with van der Waals surface area (Å²) in [5, 5.41) is 21.6. The third-order valence-electron chi connectivity index (χ3n) is 5.15. The fraction of sp³-hybridized carbons (Fsp3) is 0.182. The van der Waals surface area contributed by atoms with Crippen molar-refractivity contribution in [3.05, 3.63) is 60.2 Å². The molecule has 0 saturated heterocycles. The number of aromatic nitrogens is 6. The maximum absolute atomic E-state index is 12.5. The van der Waals surface area contributed by atoms with Crippen molar-refractivity contribution in [1.82, 2.24) is 29.5 Å². The van der Waals surface area contributed by atoms with Gasteiger partial charge < -0.3 is 19.8 Å². The number of rotatable bonds is 4. The minimum Gasteiger partial charge on any atom is -0.318 e. The number of nitrogens with one attached hydrogen (secondary N) is 2. The highest BCUT2D eigenvalue weighted by Crippen LogP contribution is 2.22. The highest BCUT2D eigenvalue weighted by molar-refractivity contribution is 6.43. The van der Waals surface area contributed by atoms with E-state index in [1.807, 2.05) is 49.2 Å². The molecule has 2 aromatic carbocycles. The van der Waals surface area contributed by atoms with Crippen LogP contribution in [-0.4, -0.2) is 41.3 Å². The molecular weight excluding hydrogens is 408 g/mol. The van der Waals surface area contributed by atoms with Gasteiger partial charge >= 0.3 is 11.8 Å². The predicted molar refractivity (Wildman–Crippen MR) is 120 cm³/mol. The van der Waals surface area contributed by atoms with Gasteiger partial charge in [-0.05, 0) is 38.1 Å². The molecule has 10 nitrogen and oxygen atoms in total. The smallest absolute Gasteiger partial charge is 0.314 e. The van der Waals surface area contributed by atoms with Crippen molar-refractivity contribution in [1.29, 1.82) is 0 Å². The molecule has 2 aromatic heterocycles. The molecule has 0 aliphatic carbocycles. The Hall–Kier alpha value is -4.34. The van der Waals surface area contributed by atoms with Gasteiger partial charge in [0.15, 0.2) is 11.6 Å². The van der Waals surface area contributed by atoms with E-state index in [9.17, 15) is 9.59 Å². The lowest BCUT2D eigenvalue weighted by Gasteiger charge is -2.09. The summed E-state index contributed by atoms with van der Waals surface area (Å²) in [6, 6.07) is 14.2. The van der Waals surface area contributed by atoms with Crippen LogP contribution in [0.25, 0.3) is 22.8 Å². The van der Waals surface area contributed by atoms with Gasteiger partial charge in [0.25, 0.3) is 0 Å². The molecule has 0 bridgehead atoms. The SMILES string of the molecule is Cc1nnc(-c2cccc(NC(=O)C(=O)Nc3cccc(-c4nnc(C)n4C)c3)c2)n1C. The lowest BCUT2D eigenvalue weighted by atomic mass is 10.2. The Morgan fingerprint density at radius 3 is 1.44 bits per heavy atom. The zero-order chi connectivity index (χ0) is 22.8. The summed E-state index contributed by atoms with van der Waals surface area (Å²) in [5.41, 5.74) is 2.51. The lowest BCUT2D eigenvalue weighted by molar-refractivity contribution is -0.132. The Labute approximate surface area is 184 Å². The van der Waals surface area contributed by atoms with E-state index in [4.69, 9.17) is 0 Å². The highest BCUT2D eigenvalue weighted by atomic mass is 16.2. The van der Waals surface area contributed by atoms with Gasteiger partial charge in [-0.1, -0.05) is 24.3 Å². The molecule has 32 heavy (non-hydrogen) atoms. The van der Waals surface area contributed by atoms with Crippen LogP contribution in [0.3, 0.4) is 0 Å². The molecular formula is C22H22N8O2.